The van der Waals surface area contributed by atoms with Crippen LogP contribution < -0.4 is 5.32 Å². The Morgan fingerprint density at radius 3 is 2.78 bits per heavy atom. The lowest BCUT2D eigenvalue weighted by Crippen LogP contribution is -2.14. The number of hydrogen-bond donors (Lipinski definition) is 1. The maximum Gasteiger partial charge on any atom is 0.279 e. The molecule has 0 bridgehead atoms. The molecule has 0 saturated heterocycles. The lowest BCUT2D eigenvalue weighted by atomic mass is 10.3. The van der Waals surface area contributed by atoms with Gasteiger partial charge in [-0.15, -0.1) is 15.3 Å². The molecule has 0 aliphatic heterocycles. The maximum absolute atomic E-state index is 12.4. The minimum Gasteiger partial charge on any atom is -0.295 e. The molecule has 0 fully saturated rings. The Kier molecular flexibility index (Phi) is 4.68. The molecule has 3 rings (SSSR count). The van der Waals surface area contributed by atoms with E-state index >= 15 is 0 Å². The molecule has 7 nitrogen and oxygen atoms in total. The average molecular weight is 346 g/mol. The lowest BCUT2D eigenvalue weighted by molar-refractivity contribution is 0.102. The van der Waals surface area contributed by atoms with E-state index in [1.165, 1.54) is 11.3 Å². The van der Waals surface area contributed by atoms with Crippen LogP contribution in [0, 0.1) is 6.92 Å². The number of thioether (sulfide) groups is 1. The molecule has 0 spiro atoms. The molecule has 2 aromatic heterocycles. The predicted molar refractivity (Wildman–Crippen MR) is 90.4 cm³/mol. The normalized spacial score (nSPS) is 10.7. The summed E-state index contributed by atoms with van der Waals surface area (Å²) in [7, 11) is 0. The number of rotatable bonds is 5. The number of nitrogens with zero attached hydrogens (tertiary/aromatic N) is 5. The van der Waals surface area contributed by atoms with Crippen molar-refractivity contribution in [2.24, 2.45) is 0 Å². The van der Waals surface area contributed by atoms with Gasteiger partial charge in [-0.1, -0.05) is 53.4 Å². The van der Waals surface area contributed by atoms with Crippen LogP contribution in [0.4, 0.5) is 5.13 Å². The van der Waals surface area contributed by atoms with Crippen LogP contribution in [0.1, 0.15) is 23.1 Å². The van der Waals surface area contributed by atoms with Crippen LogP contribution in [0.2, 0.25) is 0 Å². The fraction of sp³-hybridized carbons (Fsp3) is 0.214. The Balaban J connectivity index is 1.79. The summed E-state index contributed by atoms with van der Waals surface area (Å²) in [6.45, 7) is 3.84. The second kappa shape index (κ2) is 6.88. The summed E-state index contributed by atoms with van der Waals surface area (Å²) in [6, 6.07) is 9.55. The zero-order valence-corrected chi connectivity index (χ0v) is 14.2. The molecule has 0 atom stereocenters. The first-order valence-corrected chi connectivity index (χ1v) is 8.74. The third-order valence-corrected chi connectivity index (χ3v) is 4.86. The summed E-state index contributed by atoms with van der Waals surface area (Å²) in [6.07, 6.45) is 0. The van der Waals surface area contributed by atoms with Crippen LogP contribution in [0.3, 0.4) is 0 Å². The van der Waals surface area contributed by atoms with Crippen molar-refractivity contribution in [3.63, 3.8) is 0 Å². The number of amides is 1. The summed E-state index contributed by atoms with van der Waals surface area (Å²) in [5.41, 5.74) is 1.80. The van der Waals surface area contributed by atoms with Crippen molar-refractivity contribution in [1.82, 2.24) is 25.2 Å². The van der Waals surface area contributed by atoms with Gasteiger partial charge in [-0.25, -0.2) is 4.68 Å². The van der Waals surface area contributed by atoms with Crippen molar-refractivity contribution in [3.8, 4) is 5.69 Å². The Bertz CT molecular complexity index is 814. The highest BCUT2D eigenvalue weighted by Gasteiger charge is 2.18. The number of carbonyl (C=O) groups excluding carboxylic acids is 1. The van der Waals surface area contributed by atoms with Crippen LogP contribution in [0.25, 0.3) is 5.69 Å². The Hall–Kier alpha value is -2.26. The lowest BCUT2D eigenvalue weighted by Gasteiger charge is -2.03. The van der Waals surface area contributed by atoms with E-state index in [0.717, 1.165) is 15.8 Å². The molecule has 0 saturated carbocycles. The van der Waals surface area contributed by atoms with E-state index in [4.69, 9.17) is 0 Å². The van der Waals surface area contributed by atoms with E-state index in [-0.39, 0.29) is 11.6 Å². The van der Waals surface area contributed by atoms with Gasteiger partial charge >= 0.3 is 0 Å². The summed E-state index contributed by atoms with van der Waals surface area (Å²) in [4.78, 5) is 12.4. The van der Waals surface area contributed by atoms with Gasteiger partial charge in [-0.3, -0.25) is 10.1 Å². The molecular weight excluding hydrogens is 332 g/mol. The summed E-state index contributed by atoms with van der Waals surface area (Å²) in [5.74, 6) is 0.571. The van der Waals surface area contributed by atoms with E-state index in [2.05, 4.69) is 25.8 Å². The number of anilines is 1. The van der Waals surface area contributed by atoms with Crippen molar-refractivity contribution in [2.45, 2.75) is 18.2 Å². The van der Waals surface area contributed by atoms with Gasteiger partial charge in [0.25, 0.3) is 5.91 Å². The first-order chi connectivity index (χ1) is 11.2. The quantitative estimate of drug-likeness (QED) is 0.565. The first kappa shape index (κ1) is 15.6. The van der Waals surface area contributed by atoms with Gasteiger partial charge in [0.05, 0.1) is 11.4 Å². The van der Waals surface area contributed by atoms with Crippen LogP contribution >= 0.6 is 23.1 Å². The van der Waals surface area contributed by atoms with Gasteiger partial charge in [0, 0.05) is 0 Å². The molecule has 0 radical (unpaired) electrons. The molecule has 1 N–H and O–H groups in total. The maximum atomic E-state index is 12.4. The predicted octanol–water partition coefficient (Wildman–Crippen LogP) is 2.79. The van der Waals surface area contributed by atoms with Crippen molar-refractivity contribution < 1.29 is 4.79 Å². The zero-order chi connectivity index (χ0) is 16.2. The molecule has 0 aliphatic rings. The molecule has 0 unspecified atom stereocenters. The Labute approximate surface area is 141 Å². The molecule has 3 aromatic rings. The molecular formula is C14H14N6OS2. The number of para-hydroxylation sites is 1. The molecule has 2 heterocycles. The zero-order valence-electron chi connectivity index (χ0n) is 12.6. The second-order valence-corrected chi connectivity index (χ2v) is 7.02. The van der Waals surface area contributed by atoms with Crippen LogP contribution in [0.15, 0.2) is 34.7 Å². The third kappa shape index (κ3) is 3.40. The van der Waals surface area contributed by atoms with E-state index in [9.17, 15) is 4.79 Å². The highest BCUT2D eigenvalue weighted by molar-refractivity contribution is 8.01. The first-order valence-electron chi connectivity index (χ1n) is 6.94. The van der Waals surface area contributed by atoms with E-state index in [1.54, 1.807) is 23.4 Å². The second-order valence-electron chi connectivity index (χ2n) is 4.53. The van der Waals surface area contributed by atoms with E-state index < -0.39 is 0 Å². The summed E-state index contributed by atoms with van der Waals surface area (Å²) < 4.78 is 2.46. The minimum atomic E-state index is -0.339. The van der Waals surface area contributed by atoms with Crippen LogP contribution in [0.5, 0.6) is 0 Å². The number of hydrogen-bond acceptors (Lipinski definition) is 7. The van der Waals surface area contributed by atoms with Gasteiger partial charge in [0.15, 0.2) is 10.0 Å². The topological polar surface area (TPSA) is 85.6 Å². The highest BCUT2D eigenvalue weighted by Crippen LogP contribution is 2.25. The highest BCUT2D eigenvalue weighted by atomic mass is 32.2. The van der Waals surface area contributed by atoms with E-state index in [1.807, 2.05) is 37.3 Å². The summed E-state index contributed by atoms with van der Waals surface area (Å²) in [5, 5.41) is 19.2. The smallest absolute Gasteiger partial charge is 0.279 e. The minimum absolute atomic E-state index is 0.272. The summed E-state index contributed by atoms with van der Waals surface area (Å²) >= 11 is 2.93. The molecule has 1 amide bonds. The fourth-order valence-corrected chi connectivity index (χ4v) is 3.60. The monoisotopic (exact) mass is 346 g/mol. The third-order valence-electron chi connectivity index (χ3n) is 3.01. The number of aromatic nitrogens is 5. The van der Waals surface area contributed by atoms with Gasteiger partial charge in [0.1, 0.15) is 0 Å². The fourth-order valence-electron chi connectivity index (χ4n) is 1.95. The van der Waals surface area contributed by atoms with Crippen molar-refractivity contribution in [3.05, 3.63) is 41.7 Å². The molecule has 118 valence electrons. The van der Waals surface area contributed by atoms with Gasteiger partial charge in [-0.05, 0) is 24.8 Å². The van der Waals surface area contributed by atoms with Crippen molar-refractivity contribution >= 4 is 34.1 Å². The Morgan fingerprint density at radius 1 is 1.26 bits per heavy atom. The van der Waals surface area contributed by atoms with E-state index in [0.29, 0.717) is 10.8 Å². The standard InChI is InChI=1S/C14H14N6OS2/c1-3-22-14-18-17-13(23-14)15-12(21)11-9(2)20(19-16-11)10-7-5-4-6-8-10/h4-8H,3H2,1-2H3,(H,15,17,21). The number of benzene rings is 1. The number of nitrogens with one attached hydrogen (secondary N) is 1. The largest absolute Gasteiger partial charge is 0.295 e. The SMILES string of the molecule is CCSc1nnc(NC(=O)c2nnn(-c3ccccc3)c2C)s1. The van der Waals surface area contributed by atoms with Gasteiger partial charge < -0.3 is 0 Å². The molecule has 9 heteroatoms. The Morgan fingerprint density at radius 2 is 2.04 bits per heavy atom. The molecule has 23 heavy (non-hydrogen) atoms. The van der Waals surface area contributed by atoms with Crippen LogP contribution in [-0.4, -0.2) is 36.9 Å². The average Bonchev–Trinajstić information content (AvgIpc) is 3.15. The van der Waals surface area contributed by atoms with Gasteiger partial charge in [-0.2, -0.15) is 0 Å². The van der Waals surface area contributed by atoms with Gasteiger partial charge in [0.2, 0.25) is 5.13 Å². The van der Waals surface area contributed by atoms with Crippen molar-refractivity contribution in [1.29, 1.82) is 0 Å². The van der Waals surface area contributed by atoms with Crippen LogP contribution in [-0.2, 0) is 0 Å². The molecule has 1 aromatic carbocycles. The molecule has 0 aliphatic carbocycles. The van der Waals surface area contributed by atoms with Crippen molar-refractivity contribution in [2.75, 3.05) is 11.1 Å². The number of carbonyl (C=O) groups is 1.